The minimum Gasteiger partial charge on any atom is -0.465 e. The van der Waals surface area contributed by atoms with Crippen LogP contribution in [-0.2, 0) is 0 Å². The first-order valence-electron chi connectivity index (χ1n) is 6.73. The van der Waals surface area contributed by atoms with E-state index in [-0.39, 0.29) is 30.2 Å². The van der Waals surface area contributed by atoms with Crippen LogP contribution < -0.4 is 10.6 Å². The number of carboxylic acid groups (broad SMARTS) is 1. The average molecular weight is 290 g/mol. The topological polar surface area (TPSA) is 91.6 Å². The highest BCUT2D eigenvalue weighted by molar-refractivity contribution is 5.96. The van der Waals surface area contributed by atoms with Gasteiger partial charge in [-0.15, -0.1) is 0 Å². The van der Waals surface area contributed by atoms with Crippen molar-refractivity contribution in [1.82, 2.24) is 10.6 Å². The molecule has 1 unspecified atom stereocenters. The molecule has 112 valence electrons. The Labute approximate surface area is 122 Å². The van der Waals surface area contributed by atoms with Crippen LogP contribution in [0.4, 0.5) is 4.79 Å². The smallest absolute Gasteiger partial charge is 0.404 e. The van der Waals surface area contributed by atoms with Gasteiger partial charge in [-0.2, -0.15) is 0 Å². The first kappa shape index (κ1) is 14.9. The molecule has 1 heterocycles. The van der Waals surface area contributed by atoms with Crippen molar-refractivity contribution in [2.45, 2.75) is 19.9 Å². The molecule has 0 bridgehead atoms. The number of nitrogens with one attached hydrogen (secondary N) is 2. The summed E-state index contributed by atoms with van der Waals surface area (Å²) in [4.78, 5) is 22.8. The van der Waals surface area contributed by atoms with Gasteiger partial charge in [-0.1, -0.05) is 32.0 Å². The van der Waals surface area contributed by atoms with Crippen LogP contribution in [0.3, 0.4) is 0 Å². The Bertz CT molecular complexity index is 615. The van der Waals surface area contributed by atoms with Gasteiger partial charge in [-0.3, -0.25) is 4.79 Å². The van der Waals surface area contributed by atoms with Crippen LogP contribution in [0.25, 0.3) is 11.0 Å². The molecule has 0 aliphatic rings. The maximum absolute atomic E-state index is 12.0. The Morgan fingerprint density at radius 1 is 1.29 bits per heavy atom. The molecule has 2 rings (SSSR count). The highest BCUT2D eigenvalue weighted by Crippen LogP contribution is 2.18. The summed E-state index contributed by atoms with van der Waals surface area (Å²) in [5.41, 5.74) is 0.645. The van der Waals surface area contributed by atoms with Crippen molar-refractivity contribution in [2.24, 2.45) is 5.92 Å². The summed E-state index contributed by atoms with van der Waals surface area (Å²) in [7, 11) is 0. The molecule has 0 radical (unpaired) electrons. The van der Waals surface area contributed by atoms with Gasteiger partial charge in [0.05, 0.1) is 6.04 Å². The molecule has 3 N–H and O–H groups in total. The van der Waals surface area contributed by atoms with Crippen LogP contribution in [0.15, 0.2) is 34.7 Å². The molecular formula is C15H18N2O4. The van der Waals surface area contributed by atoms with Gasteiger partial charge < -0.3 is 20.2 Å². The number of amides is 2. The Kier molecular flexibility index (Phi) is 4.47. The summed E-state index contributed by atoms with van der Waals surface area (Å²) < 4.78 is 5.45. The Morgan fingerprint density at radius 2 is 2.00 bits per heavy atom. The lowest BCUT2D eigenvalue weighted by Crippen LogP contribution is -2.46. The van der Waals surface area contributed by atoms with Gasteiger partial charge in [0.2, 0.25) is 0 Å². The van der Waals surface area contributed by atoms with E-state index in [0.29, 0.717) is 5.58 Å². The zero-order chi connectivity index (χ0) is 15.4. The monoisotopic (exact) mass is 290 g/mol. The molecule has 0 fully saturated rings. The van der Waals surface area contributed by atoms with Crippen molar-refractivity contribution < 1.29 is 19.1 Å². The predicted molar refractivity (Wildman–Crippen MR) is 78.3 cm³/mol. The molecule has 1 atom stereocenters. The van der Waals surface area contributed by atoms with E-state index in [1.807, 2.05) is 32.0 Å². The van der Waals surface area contributed by atoms with Crippen LogP contribution in [0.2, 0.25) is 0 Å². The van der Waals surface area contributed by atoms with Crippen LogP contribution in [-0.4, -0.2) is 29.7 Å². The molecule has 0 spiro atoms. The van der Waals surface area contributed by atoms with Crippen LogP contribution >= 0.6 is 0 Å². The molecule has 2 aromatic rings. The highest BCUT2D eigenvalue weighted by Gasteiger charge is 2.18. The molecule has 1 aromatic heterocycles. The van der Waals surface area contributed by atoms with Gasteiger partial charge in [0, 0.05) is 11.9 Å². The van der Waals surface area contributed by atoms with Crippen molar-refractivity contribution in [2.75, 3.05) is 6.54 Å². The molecule has 21 heavy (non-hydrogen) atoms. The Hall–Kier alpha value is -2.50. The fourth-order valence-corrected chi connectivity index (χ4v) is 2.00. The SMILES string of the molecule is CC(C)C(CNC(=O)c1cc2ccccc2o1)NC(=O)O. The molecule has 2 amide bonds. The van der Waals surface area contributed by atoms with Crippen molar-refractivity contribution in [3.63, 3.8) is 0 Å². The summed E-state index contributed by atoms with van der Waals surface area (Å²) in [6, 6.07) is 8.66. The van der Waals surface area contributed by atoms with Gasteiger partial charge in [0.25, 0.3) is 5.91 Å². The quantitative estimate of drug-likeness (QED) is 0.788. The average Bonchev–Trinajstić information content (AvgIpc) is 2.86. The fraction of sp³-hybridized carbons (Fsp3) is 0.333. The third kappa shape index (κ3) is 3.75. The van der Waals surface area contributed by atoms with Crippen LogP contribution in [0.5, 0.6) is 0 Å². The molecular weight excluding hydrogens is 272 g/mol. The standard InChI is InChI=1S/C15H18N2O4/c1-9(2)11(17-15(19)20)8-16-14(18)13-7-10-5-3-4-6-12(10)21-13/h3-7,9,11,17H,8H2,1-2H3,(H,16,18)(H,19,20). The normalized spacial score (nSPS) is 12.3. The van der Waals surface area contributed by atoms with Crippen molar-refractivity contribution in [3.05, 3.63) is 36.1 Å². The molecule has 6 heteroatoms. The number of fused-ring (bicyclic) bond motifs is 1. The minimum atomic E-state index is -1.10. The van der Waals surface area contributed by atoms with Gasteiger partial charge >= 0.3 is 6.09 Å². The predicted octanol–water partition coefficient (Wildman–Crippen LogP) is 2.45. The Morgan fingerprint density at radius 3 is 2.62 bits per heavy atom. The van der Waals surface area contributed by atoms with Crippen molar-refractivity contribution >= 4 is 23.0 Å². The lowest BCUT2D eigenvalue weighted by molar-refractivity contribution is 0.0919. The first-order valence-corrected chi connectivity index (χ1v) is 6.73. The number of hydrogen-bond donors (Lipinski definition) is 3. The molecule has 0 aliphatic heterocycles. The largest absolute Gasteiger partial charge is 0.465 e. The van der Waals surface area contributed by atoms with E-state index < -0.39 is 6.09 Å². The number of hydrogen-bond acceptors (Lipinski definition) is 3. The van der Waals surface area contributed by atoms with Gasteiger partial charge in [-0.05, 0) is 18.1 Å². The third-order valence-electron chi connectivity index (χ3n) is 3.25. The summed E-state index contributed by atoms with van der Waals surface area (Å²) in [6.45, 7) is 3.97. The first-order chi connectivity index (χ1) is 9.97. The van der Waals surface area contributed by atoms with E-state index in [4.69, 9.17) is 9.52 Å². The second kappa shape index (κ2) is 6.30. The van der Waals surface area contributed by atoms with Crippen LogP contribution in [0.1, 0.15) is 24.4 Å². The van der Waals surface area contributed by atoms with Crippen molar-refractivity contribution in [1.29, 1.82) is 0 Å². The zero-order valence-electron chi connectivity index (χ0n) is 11.9. The second-order valence-electron chi connectivity index (χ2n) is 5.16. The maximum Gasteiger partial charge on any atom is 0.404 e. The van der Waals surface area contributed by atoms with E-state index in [2.05, 4.69) is 10.6 Å². The summed E-state index contributed by atoms with van der Waals surface area (Å²) in [5.74, 6) is -0.0739. The van der Waals surface area contributed by atoms with E-state index >= 15 is 0 Å². The van der Waals surface area contributed by atoms with Crippen molar-refractivity contribution in [3.8, 4) is 0 Å². The molecule has 0 saturated carbocycles. The number of carbonyl (C=O) groups excluding carboxylic acids is 1. The Balaban J connectivity index is 2.01. The van der Waals surface area contributed by atoms with E-state index in [0.717, 1.165) is 5.39 Å². The molecule has 1 aromatic carbocycles. The van der Waals surface area contributed by atoms with Crippen LogP contribution in [0, 0.1) is 5.92 Å². The maximum atomic E-state index is 12.0. The number of carbonyl (C=O) groups is 2. The van der Waals surface area contributed by atoms with Gasteiger partial charge in [0.15, 0.2) is 5.76 Å². The molecule has 0 saturated heterocycles. The van der Waals surface area contributed by atoms with Gasteiger partial charge in [0.1, 0.15) is 5.58 Å². The summed E-state index contributed by atoms with van der Waals surface area (Å²) in [5, 5.41) is 14.7. The zero-order valence-corrected chi connectivity index (χ0v) is 11.9. The lowest BCUT2D eigenvalue weighted by atomic mass is 10.0. The second-order valence-corrected chi connectivity index (χ2v) is 5.16. The number of furan rings is 1. The number of rotatable bonds is 5. The summed E-state index contributed by atoms with van der Waals surface area (Å²) in [6.07, 6.45) is -1.10. The lowest BCUT2D eigenvalue weighted by Gasteiger charge is -2.20. The minimum absolute atomic E-state index is 0.0667. The van der Waals surface area contributed by atoms with E-state index in [1.54, 1.807) is 12.1 Å². The summed E-state index contributed by atoms with van der Waals surface area (Å²) >= 11 is 0. The van der Waals surface area contributed by atoms with Gasteiger partial charge in [-0.25, -0.2) is 4.79 Å². The van der Waals surface area contributed by atoms with E-state index in [9.17, 15) is 9.59 Å². The number of para-hydroxylation sites is 1. The fourth-order valence-electron chi connectivity index (χ4n) is 2.00. The highest BCUT2D eigenvalue weighted by atomic mass is 16.4. The molecule has 6 nitrogen and oxygen atoms in total. The van der Waals surface area contributed by atoms with E-state index in [1.165, 1.54) is 0 Å². The number of benzene rings is 1. The molecule has 0 aliphatic carbocycles. The third-order valence-corrected chi connectivity index (χ3v) is 3.25.